The molecule has 2 rings (SSSR count). The topological polar surface area (TPSA) is 29.4 Å². The highest BCUT2D eigenvalue weighted by Crippen LogP contribution is 2.22. The van der Waals surface area contributed by atoms with Crippen LogP contribution in [0.3, 0.4) is 0 Å². The van der Waals surface area contributed by atoms with Crippen molar-refractivity contribution < 1.29 is 4.79 Å². The summed E-state index contributed by atoms with van der Waals surface area (Å²) in [4.78, 5) is 13.7. The van der Waals surface area contributed by atoms with Crippen LogP contribution in [0, 0.1) is 6.92 Å². The summed E-state index contributed by atoms with van der Waals surface area (Å²) < 4.78 is 0. The first-order valence-electron chi connectivity index (χ1n) is 4.84. The summed E-state index contributed by atoms with van der Waals surface area (Å²) in [5, 5.41) is 2.38. The second kappa shape index (κ2) is 4.07. The summed E-state index contributed by atoms with van der Waals surface area (Å²) in [6.45, 7) is 2.49. The normalized spacial score (nSPS) is 9.93. The minimum absolute atomic E-state index is 0.407. The predicted octanol–water partition coefficient (Wildman–Crippen LogP) is 2.98. The van der Waals surface area contributed by atoms with Gasteiger partial charge in [-0.25, -0.2) is 9.79 Å². The zero-order valence-electron chi connectivity index (χ0n) is 8.53. The van der Waals surface area contributed by atoms with Crippen molar-refractivity contribution in [1.29, 1.82) is 0 Å². The lowest BCUT2D eigenvalue weighted by molar-refractivity contribution is 0.563. The zero-order valence-corrected chi connectivity index (χ0v) is 8.53. The number of benzene rings is 2. The van der Waals surface area contributed by atoms with E-state index in [4.69, 9.17) is 0 Å². The molecule has 74 valence electrons. The van der Waals surface area contributed by atoms with Gasteiger partial charge in [0.15, 0.2) is 0 Å². The third-order valence-corrected chi connectivity index (χ3v) is 2.55. The van der Waals surface area contributed by atoms with Gasteiger partial charge in [0.25, 0.3) is 0 Å². The highest BCUT2D eigenvalue weighted by Gasteiger charge is 2.01. The van der Waals surface area contributed by atoms with E-state index in [2.05, 4.69) is 30.1 Å². The summed E-state index contributed by atoms with van der Waals surface area (Å²) in [7, 11) is 0. The Morgan fingerprint density at radius 2 is 1.87 bits per heavy atom. The van der Waals surface area contributed by atoms with Crippen molar-refractivity contribution in [3.8, 4) is 0 Å². The fourth-order valence-corrected chi connectivity index (χ4v) is 1.77. The monoisotopic (exact) mass is 197 g/mol. The molecular weight excluding hydrogens is 186 g/mol. The van der Waals surface area contributed by atoms with Gasteiger partial charge in [-0.3, -0.25) is 0 Å². The van der Waals surface area contributed by atoms with Crippen LogP contribution in [0.15, 0.2) is 41.4 Å². The average molecular weight is 197 g/mol. The number of rotatable bonds is 2. The van der Waals surface area contributed by atoms with Crippen LogP contribution in [0.2, 0.25) is 0 Å². The van der Waals surface area contributed by atoms with Crippen LogP contribution in [0.4, 0.5) is 0 Å². The molecule has 0 aliphatic heterocycles. The fraction of sp³-hybridized carbons (Fsp3) is 0.154. The lowest BCUT2D eigenvalue weighted by Crippen LogP contribution is -1.86. The van der Waals surface area contributed by atoms with E-state index >= 15 is 0 Å². The van der Waals surface area contributed by atoms with E-state index < -0.39 is 0 Å². The lowest BCUT2D eigenvalue weighted by Gasteiger charge is -2.05. The SMILES string of the molecule is Cc1ccc(CN=C=O)c2ccccc12. The van der Waals surface area contributed by atoms with Gasteiger partial charge in [0.05, 0.1) is 6.54 Å². The molecule has 0 unspecified atom stereocenters. The molecule has 15 heavy (non-hydrogen) atoms. The number of carbonyl (C=O) groups excluding carboxylic acids is 1. The summed E-state index contributed by atoms with van der Waals surface area (Å²) >= 11 is 0. The maximum Gasteiger partial charge on any atom is 0.235 e. The third-order valence-electron chi connectivity index (χ3n) is 2.55. The molecule has 0 atom stereocenters. The van der Waals surface area contributed by atoms with E-state index in [1.54, 1.807) is 6.08 Å². The second-order valence-corrected chi connectivity index (χ2v) is 3.49. The Morgan fingerprint density at radius 3 is 2.60 bits per heavy atom. The first-order chi connectivity index (χ1) is 7.33. The fourth-order valence-electron chi connectivity index (χ4n) is 1.77. The summed E-state index contributed by atoms with van der Waals surface area (Å²) in [5.41, 5.74) is 2.31. The largest absolute Gasteiger partial charge is 0.235 e. The Bertz CT molecular complexity index is 539. The highest BCUT2D eigenvalue weighted by atomic mass is 16.1. The molecule has 0 saturated carbocycles. The van der Waals surface area contributed by atoms with E-state index in [0.717, 1.165) is 10.9 Å². The molecule has 0 amide bonds. The summed E-state index contributed by atoms with van der Waals surface area (Å²) in [5.74, 6) is 0. The minimum Gasteiger partial charge on any atom is -0.211 e. The van der Waals surface area contributed by atoms with Gasteiger partial charge in [-0.2, -0.15) is 0 Å². The molecule has 0 aromatic heterocycles. The average Bonchev–Trinajstić information content (AvgIpc) is 2.29. The maximum atomic E-state index is 10.1. The van der Waals surface area contributed by atoms with Crippen molar-refractivity contribution in [1.82, 2.24) is 0 Å². The Morgan fingerprint density at radius 1 is 1.13 bits per heavy atom. The molecule has 2 aromatic rings. The van der Waals surface area contributed by atoms with Gasteiger partial charge < -0.3 is 0 Å². The molecule has 0 aliphatic carbocycles. The van der Waals surface area contributed by atoms with Gasteiger partial charge >= 0.3 is 0 Å². The van der Waals surface area contributed by atoms with Crippen LogP contribution < -0.4 is 0 Å². The lowest BCUT2D eigenvalue weighted by atomic mass is 10.0. The van der Waals surface area contributed by atoms with Gasteiger partial charge in [-0.05, 0) is 28.8 Å². The molecule has 0 spiro atoms. The number of hydrogen-bond donors (Lipinski definition) is 0. The van der Waals surface area contributed by atoms with Gasteiger partial charge in [-0.1, -0.05) is 36.4 Å². The molecular formula is C13H11NO. The Hall–Kier alpha value is -1.92. The number of fused-ring (bicyclic) bond motifs is 1. The molecule has 0 fully saturated rings. The third kappa shape index (κ3) is 1.80. The van der Waals surface area contributed by atoms with Gasteiger partial charge in [-0.15, -0.1) is 0 Å². The molecule has 0 saturated heterocycles. The number of isocyanates is 1. The molecule has 0 aliphatic rings. The molecule has 2 heteroatoms. The van der Waals surface area contributed by atoms with Crippen LogP contribution >= 0.6 is 0 Å². The molecule has 2 aromatic carbocycles. The quantitative estimate of drug-likeness (QED) is 0.537. The first-order valence-corrected chi connectivity index (χ1v) is 4.84. The maximum absolute atomic E-state index is 10.1. The van der Waals surface area contributed by atoms with Crippen molar-refractivity contribution in [2.24, 2.45) is 4.99 Å². The van der Waals surface area contributed by atoms with E-state index in [-0.39, 0.29) is 0 Å². The van der Waals surface area contributed by atoms with E-state index in [1.165, 1.54) is 10.9 Å². The zero-order chi connectivity index (χ0) is 10.7. The van der Waals surface area contributed by atoms with Gasteiger partial charge in [0.2, 0.25) is 6.08 Å². The molecule has 0 heterocycles. The van der Waals surface area contributed by atoms with Crippen molar-refractivity contribution in [2.75, 3.05) is 0 Å². The first kappa shape index (κ1) is 9.63. The molecule has 0 N–H and O–H groups in total. The van der Waals surface area contributed by atoms with E-state index in [1.807, 2.05) is 18.2 Å². The van der Waals surface area contributed by atoms with Crippen LogP contribution in [0.1, 0.15) is 11.1 Å². The van der Waals surface area contributed by atoms with Gasteiger partial charge in [0.1, 0.15) is 0 Å². The van der Waals surface area contributed by atoms with Crippen molar-refractivity contribution >= 4 is 16.9 Å². The number of hydrogen-bond acceptors (Lipinski definition) is 2. The second-order valence-electron chi connectivity index (χ2n) is 3.49. The summed E-state index contributed by atoms with van der Waals surface area (Å²) in [6.07, 6.45) is 1.57. The van der Waals surface area contributed by atoms with Crippen LogP contribution in [-0.2, 0) is 11.3 Å². The van der Waals surface area contributed by atoms with Gasteiger partial charge in [0, 0.05) is 0 Å². The Kier molecular flexibility index (Phi) is 2.61. The van der Waals surface area contributed by atoms with Crippen LogP contribution in [-0.4, -0.2) is 6.08 Å². The molecule has 2 nitrogen and oxygen atoms in total. The minimum atomic E-state index is 0.407. The molecule has 0 radical (unpaired) electrons. The molecule has 0 bridgehead atoms. The van der Waals surface area contributed by atoms with Crippen LogP contribution in [0.5, 0.6) is 0 Å². The van der Waals surface area contributed by atoms with E-state index in [9.17, 15) is 4.79 Å². The standard InChI is InChI=1S/C13H11NO/c1-10-6-7-11(8-14-9-15)13-5-3-2-4-12(10)13/h2-7H,8H2,1H3. The van der Waals surface area contributed by atoms with Crippen molar-refractivity contribution in [2.45, 2.75) is 13.5 Å². The van der Waals surface area contributed by atoms with Crippen molar-refractivity contribution in [3.05, 3.63) is 47.5 Å². The van der Waals surface area contributed by atoms with Crippen molar-refractivity contribution in [3.63, 3.8) is 0 Å². The Labute approximate surface area is 88.3 Å². The number of aliphatic imine (C=N–C) groups is 1. The number of aryl methyl sites for hydroxylation is 1. The predicted molar refractivity (Wildman–Crippen MR) is 60.5 cm³/mol. The highest BCUT2D eigenvalue weighted by molar-refractivity contribution is 5.88. The Balaban J connectivity index is 2.65. The smallest absolute Gasteiger partial charge is 0.211 e. The summed E-state index contributed by atoms with van der Waals surface area (Å²) in [6, 6.07) is 12.2. The number of nitrogens with zero attached hydrogens (tertiary/aromatic N) is 1. The van der Waals surface area contributed by atoms with E-state index in [0.29, 0.717) is 6.54 Å². The van der Waals surface area contributed by atoms with Crippen LogP contribution in [0.25, 0.3) is 10.8 Å².